The molecule has 10 aromatic rings. The first-order valence-electron chi connectivity index (χ1n) is 17.0. The Balaban J connectivity index is 1.26. The van der Waals surface area contributed by atoms with E-state index in [9.17, 15) is 0 Å². The molecule has 0 N–H and O–H groups in total. The lowest BCUT2D eigenvalue weighted by Crippen LogP contribution is -1.94. The second kappa shape index (κ2) is 11.1. The van der Waals surface area contributed by atoms with Crippen molar-refractivity contribution in [3.05, 3.63) is 188 Å². The molecule has 0 saturated carbocycles. The highest BCUT2D eigenvalue weighted by molar-refractivity contribution is 6.23. The smallest absolute Gasteiger partial charge is 0.0619 e. The summed E-state index contributed by atoms with van der Waals surface area (Å²) < 4.78 is 2.43. The van der Waals surface area contributed by atoms with Gasteiger partial charge in [-0.05, 0) is 90.6 Å². The quantitative estimate of drug-likeness (QED) is 0.172. The van der Waals surface area contributed by atoms with E-state index >= 15 is 0 Å². The molecule has 0 bridgehead atoms. The van der Waals surface area contributed by atoms with Gasteiger partial charge in [-0.15, -0.1) is 0 Å². The van der Waals surface area contributed by atoms with E-state index in [0.29, 0.717) is 0 Å². The maximum Gasteiger partial charge on any atom is 0.0619 e. The molecule has 0 atom stereocenters. The molecule has 0 radical (unpaired) electrons. The number of aromatic nitrogens is 1. The lowest BCUT2D eigenvalue weighted by Gasteiger charge is -2.18. The van der Waals surface area contributed by atoms with Crippen LogP contribution in [0.3, 0.4) is 0 Å². The summed E-state index contributed by atoms with van der Waals surface area (Å²) in [6.45, 7) is 0. The molecule has 0 aliphatic rings. The van der Waals surface area contributed by atoms with Crippen molar-refractivity contribution in [2.75, 3.05) is 0 Å². The van der Waals surface area contributed by atoms with Gasteiger partial charge < -0.3 is 4.57 Å². The van der Waals surface area contributed by atoms with Crippen LogP contribution in [0.25, 0.3) is 93.2 Å². The van der Waals surface area contributed by atoms with E-state index in [-0.39, 0.29) is 0 Å². The average Bonchev–Trinajstić information content (AvgIpc) is 3.52. The average molecular weight is 622 g/mol. The van der Waals surface area contributed by atoms with Gasteiger partial charge in [0.1, 0.15) is 0 Å². The molecule has 0 saturated heterocycles. The van der Waals surface area contributed by atoms with Gasteiger partial charge in [0.25, 0.3) is 0 Å². The molecule has 0 aliphatic carbocycles. The molecular formula is C48H31N. The fourth-order valence-corrected chi connectivity index (χ4v) is 8.10. The zero-order valence-electron chi connectivity index (χ0n) is 26.8. The van der Waals surface area contributed by atoms with Crippen molar-refractivity contribution in [2.45, 2.75) is 0 Å². The number of para-hydroxylation sites is 2. The molecule has 1 heteroatoms. The van der Waals surface area contributed by atoms with Gasteiger partial charge in [0.15, 0.2) is 0 Å². The second-order valence-corrected chi connectivity index (χ2v) is 12.8. The van der Waals surface area contributed by atoms with Gasteiger partial charge in [-0.3, -0.25) is 0 Å². The normalized spacial score (nSPS) is 11.7. The van der Waals surface area contributed by atoms with Crippen LogP contribution in [0.5, 0.6) is 0 Å². The molecule has 0 fully saturated rings. The number of hydrogen-bond acceptors (Lipinski definition) is 0. The summed E-state index contributed by atoms with van der Waals surface area (Å²) in [4.78, 5) is 0. The Kier molecular flexibility index (Phi) is 6.25. The van der Waals surface area contributed by atoms with Gasteiger partial charge in [0.05, 0.1) is 11.0 Å². The molecule has 1 nitrogen and oxygen atoms in total. The minimum atomic E-state index is 1.17. The molecule has 0 amide bonds. The summed E-state index contributed by atoms with van der Waals surface area (Å²) in [5.74, 6) is 0. The molecule has 0 unspecified atom stereocenters. The molecule has 1 aromatic heterocycles. The predicted octanol–water partition coefficient (Wildman–Crippen LogP) is 13.2. The van der Waals surface area contributed by atoms with E-state index in [1.807, 2.05) is 0 Å². The van der Waals surface area contributed by atoms with E-state index in [4.69, 9.17) is 0 Å². The molecule has 1 heterocycles. The number of fused-ring (bicyclic) bond motifs is 7. The number of rotatable bonds is 4. The van der Waals surface area contributed by atoms with E-state index in [2.05, 4.69) is 193 Å². The van der Waals surface area contributed by atoms with Crippen LogP contribution in [-0.2, 0) is 0 Å². The zero-order chi connectivity index (χ0) is 32.3. The molecule has 10 rings (SSSR count). The molecule has 9 aromatic carbocycles. The zero-order valence-corrected chi connectivity index (χ0v) is 26.8. The standard InChI is InChI=1S/C48H31N/c1-3-16-32(17-4-1)46-38-24-8-10-26-40(38)47(41-27-11-9-25-39(41)46)34-19-15-18-33(30-34)43-31-44-37-23-13-14-29-45(37)49(35-20-5-2-6-21-35)48(44)42-28-12-7-22-36(42)43/h1-31H. The van der Waals surface area contributed by atoms with Crippen LogP contribution < -0.4 is 0 Å². The SMILES string of the molecule is c1ccc(-c2c3ccccc3c(-c3cccc(-c4cc5c6ccccc6n(-c6ccccc6)c5c5ccccc45)c3)c3ccccc23)cc1. The van der Waals surface area contributed by atoms with Crippen LogP contribution in [0.1, 0.15) is 0 Å². The highest BCUT2D eigenvalue weighted by Gasteiger charge is 2.20. The van der Waals surface area contributed by atoms with Gasteiger partial charge in [-0.1, -0.05) is 158 Å². The summed E-state index contributed by atoms with van der Waals surface area (Å²) in [6.07, 6.45) is 0. The third-order valence-electron chi connectivity index (χ3n) is 10.1. The summed E-state index contributed by atoms with van der Waals surface area (Å²) >= 11 is 0. The van der Waals surface area contributed by atoms with Gasteiger partial charge >= 0.3 is 0 Å². The number of benzene rings is 9. The fourth-order valence-electron chi connectivity index (χ4n) is 8.10. The first-order valence-corrected chi connectivity index (χ1v) is 17.0. The Morgan fingerprint density at radius 2 is 0.755 bits per heavy atom. The minimum Gasteiger partial charge on any atom is -0.309 e. The molecule has 49 heavy (non-hydrogen) atoms. The Hall–Kier alpha value is -6.44. The largest absolute Gasteiger partial charge is 0.309 e. The summed E-state index contributed by atoms with van der Waals surface area (Å²) in [5, 5.41) is 10.1. The van der Waals surface area contributed by atoms with E-state index in [1.54, 1.807) is 0 Å². The van der Waals surface area contributed by atoms with Crippen LogP contribution in [0.15, 0.2) is 188 Å². The third kappa shape index (κ3) is 4.26. The maximum absolute atomic E-state index is 2.43. The Labute approximate surface area is 284 Å². The number of nitrogens with zero attached hydrogens (tertiary/aromatic N) is 1. The second-order valence-electron chi connectivity index (χ2n) is 12.8. The topological polar surface area (TPSA) is 4.93 Å². The van der Waals surface area contributed by atoms with Crippen molar-refractivity contribution in [1.29, 1.82) is 0 Å². The van der Waals surface area contributed by atoms with Crippen molar-refractivity contribution in [3.8, 4) is 39.1 Å². The summed E-state index contributed by atoms with van der Waals surface area (Å²) in [5.41, 5.74) is 11.1. The molecule has 0 spiro atoms. The van der Waals surface area contributed by atoms with Crippen molar-refractivity contribution < 1.29 is 0 Å². The van der Waals surface area contributed by atoms with Crippen LogP contribution >= 0.6 is 0 Å². The lowest BCUT2D eigenvalue weighted by molar-refractivity contribution is 1.19. The lowest BCUT2D eigenvalue weighted by atomic mass is 9.85. The van der Waals surface area contributed by atoms with Crippen LogP contribution in [-0.4, -0.2) is 4.57 Å². The van der Waals surface area contributed by atoms with Gasteiger partial charge in [-0.25, -0.2) is 0 Å². The van der Waals surface area contributed by atoms with Gasteiger partial charge in [0, 0.05) is 21.8 Å². The maximum atomic E-state index is 2.43. The predicted molar refractivity (Wildman–Crippen MR) is 210 cm³/mol. The molecule has 228 valence electrons. The monoisotopic (exact) mass is 621 g/mol. The van der Waals surface area contributed by atoms with Crippen LogP contribution in [0, 0.1) is 0 Å². The Morgan fingerprint density at radius 1 is 0.286 bits per heavy atom. The van der Waals surface area contributed by atoms with Crippen molar-refractivity contribution >= 4 is 54.1 Å². The van der Waals surface area contributed by atoms with E-state index < -0.39 is 0 Å². The molecule has 0 aliphatic heterocycles. The highest BCUT2D eigenvalue weighted by atomic mass is 15.0. The van der Waals surface area contributed by atoms with Crippen molar-refractivity contribution in [1.82, 2.24) is 4.57 Å². The minimum absolute atomic E-state index is 1.17. The van der Waals surface area contributed by atoms with Gasteiger partial charge in [-0.2, -0.15) is 0 Å². The summed E-state index contributed by atoms with van der Waals surface area (Å²) in [7, 11) is 0. The fraction of sp³-hybridized carbons (Fsp3) is 0. The highest BCUT2D eigenvalue weighted by Crippen LogP contribution is 2.46. The van der Waals surface area contributed by atoms with Gasteiger partial charge in [0.2, 0.25) is 0 Å². The van der Waals surface area contributed by atoms with E-state index in [1.165, 1.54) is 93.2 Å². The number of hydrogen-bond donors (Lipinski definition) is 0. The Morgan fingerprint density at radius 3 is 1.41 bits per heavy atom. The Bertz CT molecular complexity index is 2800. The van der Waals surface area contributed by atoms with Crippen molar-refractivity contribution in [2.24, 2.45) is 0 Å². The summed E-state index contributed by atoms with van der Waals surface area (Å²) in [6, 6.07) is 68.7. The third-order valence-corrected chi connectivity index (χ3v) is 10.1. The van der Waals surface area contributed by atoms with Crippen LogP contribution in [0.4, 0.5) is 0 Å². The first kappa shape index (κ1) is 27.7. The van der Waals surface area contributed by atoms with Crippen LogP contribution in [0.2, 0.25) is 0 Å². The first-order chi connectivity index (χ1) is 24.3. The van der Waals surface area contributed by atoms with E-state index in [0.717, 1.165) is 0 Å². The molecular weight excluding hydrogens is 591 g/mol. The van der Waals surface area contributed by atoms with Crippen molar-refractivity contribution in [3.63, 3.8) is 0 Å².